The fourth-order valence-electron chi connectivity index (χ4n) is 2.51. The normalized spacial score (nSPS) is 21.4. The quantitative estimate of drug-likeness (QED) is 0.778. The van der Waals surface area contributed by atoms with Crippen molar-refractivity contribution in [2.24, 2.45) is 5.92 Å². The molecule has 1 fully saturated rings. The maximum atomic E-state index is 12.2. The zero-order chi connectivity index (χ0) is 13.8. The van der Waals surface area contributed by atoms with Crippen LogP contribution < -0.4 is 4.74 Å². The molecule has 1 aromatic rings. The Hall–Kier alpha value is -1.61. The minimum atomic E-state index is 0.166. The smallest absolute Gasteiger partial charge is 0.163 e. The molecule has 0 heterocycles. The molecular weight excluding hydrogens is 238 g/mol. The van der Waals surface area contributed by atoms with Gasteiger partial charge in [-0.1, -0.05) is 12.1 Å². The van der Waals surface area contributed by atoms with Gasteiger partial charge >= 0.3 is 0 Å². The van der Waals surface area contributed by atoms with E-state index in [0.717, 1.165) is 36.3 Å². The second-order valence-corrected chi connectivity index (χ2v) is 5.30. The van der Waals surface area contributed by atoms with Crippen LogP contribution >= 0.6 is 0 Å². The number of carbonyl (C=O) groups excluding carboxylic acids is 1. The van der Waals surface area contributed by atoms with E-state index in [1.807, 2.05) is 44.4 Å². The predicted octanol–water partition coefficient (Wildman–Crippen LogP) is 2.62. The number of nitrogens with zero attached hydrogens (tertiary/aromatic N) is 1. The Bertz CT molecular complexity index is 474. The Morgan fingerprint density at radius 2 is 2.00 bits per heavy atom. The number of Topliss-reactive ketones (excluding diaryl/α,β-unsaturated/α-hetero) is 1. The topological polar surface area (TPSA) is 29.5 Å². The van der Waals surface area contributed by atoms with Crippen LogP contribution in [0.4, 0.5) is 0 Å². The molecule has 0 bridgehead atoms. The van der Waals surface area contributed by atoms with Crippen molar-refractivity contribution in [3.05, 3.63) is 35.4 Å². The maximum Gasteiger partial charge on any atom is 0.163 e. The first-order chi connectivity index (χ1) is 9.10. The van der Waals surface area contributed by atoms with Crippen LogP contribution in [0.15, 0.2) is 29.8 Å². The lowest BCUT2D eigenvalue weighted by Crippen LogP contribution is -2.24. The minimum Gasteiger partial charge on any atom is -0.497 e. The van der Waals surface area contributed by atoms with Crippen LogP contribution in [0, 0.1) is 5.92 Å². The summed E-state index contributed by atoms with van der Waals surface area (Å²) in [4.78, 5) is 14.3. The average Bonchev–Trinajstić information content (AvgIpc) is 2.72. The predicted molar refractivity (Wildman–Crippen MR) is 77.3 cm³/mol. The van der Waals surface area contributed by atoms with E-state index in [4.69, 9.17) is 4.74 Å². The highest BCUT2D eigenvalue weighted by Gasteiger charge is 2.29. The lowest BCUT2D eigenvalue weighted by Gasteiger charge is -2.13. The Kier molecular flexibility index (Phi) is 4.38. The van der Waals surface area contributed by atoms with E-state index in [-0.39, 0.29) is 5.92 Å². The third kappa shape index (κ3) is 3.44. The molecule has 0 aromatic heterocycles. The van der Waals surface area contributed by atoms with Gasteiger partial charge in [-0.3, -0.25) is 4.79 Å². The number of benzene rings is 1. The molecule has 0 aliphatic heterocycles. The molecule has 19 heavy (non-hydrogen) atoms. The Balaban J connectivity index is 2.09. The van der Waals surface area contributed by atoms with Crippen LogP contribution in [0.1, 0.15) is 18.4 Å². The molecule has 3 heteroatoms. The monoisotopic (exact) mass is 259 g/mol. The molecule has 1 atom stereocenters. The summed E-state index contributed by atoms with van der Waals surface area (Å²) in [5.41, 5.74) is 2.02. The number of hydrogen-bond donors (Lipinski definition) is 0. The fraction of sp³-hybridized carbons (Fsp3) is 0.438. The SMILES string of the molecule is COc1ccc(/C=C2\CCC(CN(C)C)C2=O)cc1. The van der Waals surface area contributed by atoms with Crippen LogP contribution in [-0.4, -0.2) is 38.4 Å². The summed E-state index contributed by atoms with van der Waals surface area (Å²) < 4.78 is 5.13. The molecule has 102 valence electrons. The Labute approximate surface area is 114 Å². The van der Waals surface area contributed by atoms with Gasteiger partial charge in [0.25, 0.3) is 0 Å². The number of rotatable bonds is 4. The Morgan fingerprint density at radius 3 is 2.58 bits per heavy atom. The molecule has 0 spiro atoms. The molecule has 1 aliphatic rings. The summed E-state index contributed by atoms with van der Waals surface area (Å²) in [6.07, 6.45) is 3.87. The molecule has 1 aliphatic carbocycles. The molecule has 3 nitrogen and oxygen atoms in total. The zero-order valence-corrected chi connectivity index (χ0v) is 11.8. The summed E-state index contributed by atoms with van der Waals surface area (Å²) in [7, 11) is 5.68. The van der Waals surface area contributed by atoms with E-state index < -0.39 is 0 Å². The van der Waals surface area contributed by atoms with Crippen molar-refractivity contribution in [2.75, 3.05) is 27.7 Å². The molecule has 0 amide bonds. The number of allylic oxidation sites excluding steroid dienone is 1. The molecule has 1 unspecified atom stereocenters. The highest BCUT2D eigenvalue weighted by atomic mass is 16.5. The van der Waals surface area contributed by atoms with Gasteiger partial charge in [0, 0.05) is 12.5 Å². The maximum absolute atomic E-state index is 12.2. The summed E-state index contributed by atoms with van der Waals surface area (Å²) in [6, 6.07) is 7.81. The van der Waals surface area contributed by atoms with Crippen molar-refractivity contribution < 1.29 is 9.53 Å². The highest BCUT2D eigenvalue weighted by molar-refractivity contribution is 6.03. The van der Waals surface area contributed by atoms with E-state index in [9.17, 15) is 4.79 Å². The second-order valence-electron chi connectivity index (χ2n) is 5.30. The first kappa shape index (κ1) is 13.8. The first-order valence-electron chi connectivity index (χ1n) is 6.63. The van der Waals surface area contributed by atoms with Gasteiger partial charge in [0.15, 0.2) is 5.78 Å². The van der Waals surface area contributed by atoms with Crippen molar-refractivity contribution in [2.45, 2.75) is 12.8 Å². The second kappa shape index (κ2) is 6.02. The lowest BCUT2D eigenvalue weighted by atomic mass is 10.0. The number of carbonyl (C=O) groups is 1. The van der Waals surface area contributed by atoms with Crippen molar-refractivity contribution in [3.63, 3.8) is 0 Å². The third-order valence-corrected chi connectivity index (χ3v) is 3.49. The molecule has 0 radical (unpaired) electrons. The highest BCUT2D eigenvalue weighted by Crippen LogP contribution is 2.29. The van der Waals surface area contributed by atoms with Gasteiger partial charge in [-0.2, -0.15) is 0 Å². The van der Waals surface area contributed by atoms with Crippen LogP contribution in [0.2, 0.25) is 0 Å². The van der Waals surface area contributed by atoms with Gasteiger partial charge in [-0.25, -0.2) is 0 Å². The Morgan fingerprint density at radius 1 is 1.32 bits per heavy atom. The molecule has 0 saturated heterocycles. The minimum absolute atomic E-state index is 0.166. The van der Waals surface area contributed by atoms with Crippen LogP contribution in [0.5, 0.6) is 5.75 Å². The number of hydrogen-bond acceptors (Lipinski definition) is 3. The standard InChI is InChI=1S/C16H21NO2/c1-17(2)11-14-7-6-13(16(14)18)10-12-4-8-15(19-3)9-5-12/h4-5,8-10,14H,6-7,11H2,1-3H3/b13-10+. The summed E-state index contributed by atoms with van der Waals surface area (Å²) in [5, 5.41) is 0. The van der Waals surface area contributed by atoms with Gasteiger partial charge in [0.2, 0.25) is 0 Å². The van der Waals surface area contributed by atoms with Crippen molar-refractivity contribution in [1.29, 1.82) is 0 Å². The summed E-state index contributed by atoms with van der Waals surface area (Å²) in [6.45, 7) is 0.846. The van der Waals surface area contributed by atoms with Gasteiger partial charge in [-0.05, 0) is 56.3 Å². The van der Waals surface area contributed by atoms with E-state index in [0.29, 0.717) is 5.78 Å². The van der Waals surface area contributed by atoms with Crippen LogP contribution in [0.3, 0.4) is 0 Å². The summed E-state index contributed by atoms with van der Waals surface area (Å²) in [5.74, 6) is 1.31. The number of methoxy groups -OCH3 is 1. The van der Waals surface area contributed by atoms with E-state index in [1.165, 1.54) is 0 Å². The largest absolute Gasteiger partial charge is 0.497 e. The first-order valence-corrected chi connectivity index (χ1v) is 6.63. The molecule has 0 N–H and O–H groups in total. The summed E-state index contributed by atoms with van der Waals surface area (Å²) >= 11 is 0. The average molecular weight is 259 g/mol. The fourth-order valence-corrected chi connectivity index (χ4v) is 2.51. The van der Waals surface area contributed by atoms with E-state index in [2.05, 4.69) is 4.90 Å². The third-order valence-electron chi connectivity index (χ3n) is 3.49. The molecule has 1 aromatic carbocycles. The van der Waals surface area contributed by atoms with Gasteiger partial charge < -0.3 is 9.64 Å². The number of ether oxygens (including phenoxy) is 1. The van der Waals surface area contributed by atoms with E-state index >= 15 is 0 Å². The van der Waals surface area contributed by atoms with Crippen molar-refractivity contribution in [1.82, 2.24) is 4.90 Å². The number of ketones is 1. The van der Waals surface area contributed by atoms with Crippen molar-refractivity contribution >= 4 is 11.9 Å². The zero-order valence-electron chi connectivity index (χ0n) is 11.8. The van der Waals surface area contributed by atoms with Crippen LogP contribution in [-0.2, 0) is 4.79 Å². The lowest BCUT2D eigenvalue weighted by molar-refractivity contribution is -0.118. The van der Waals surface area contributed by atoms with Gasteiger partial charge in [0.05, 0.1) is 7.11 Å². The molecular formula is C16H21NO2. The van der Waals surface area contributed by atoms with Crippen LogP contribution in [0.25, 0.3) is 6.08 Å². The van der Waals surface area contributed by atoms with Crippen molar-refractivity contribution in [3.8, 4) is 5.75 Å². The molecule has 2 rings (SSSR count). The molecule has 1 saturated carbocycles. The van der Waals surface area contributed by atoms with Gasteiger partial charge in [0.1, 0.15) is 5.75 Å². The van der Waals surface area contributed by atoms with Gasteiger partial charge in [-0.15, -0.1) is 0 Å². The van der Waals surface area contributed by atoms with E-state index in [1.54, 1.807) is 7.11 Å².